The summed E-state index contributed by atoms with van der Waals surface area (Å²) in [4.78, 5) is 14.5. The maximum Gasteiger partial charge on any atom is 0.328 e. The van der Waals surface area contributed by atoms with Gasteiger partial charge in [-0.15, -0.1) is 0 Å². The zero-order chi connectivity index (χ0) is 17.2. The molecule has 0 saturated carbocycles. The summed E-state index contributed by atoms with van der Waals surface area (Å²) in [5, 5.41) is 0. The quantitative estimate of drug-likeness (QED) is 0.745. The summed E-state index contributed by atoms with van der Waals surface area (Å²) in [6.45, 7) is 8.23. The molecule has 3 nitrogen and oxygen atoms in total. The van der Waals surface area contributed by atoms with E-state index in [9.17, 15) is 9.18 Å². The minimum absolute atomic E-state index is 0.241. The molecule has 0 bridgehead atoms. The van der Waals surface area contributed by atoms with Gasteiger partial charge in [-0.1, -0.05) is 25.8 Å². The number of anilines is 1. The number of allylic oxidation sites excluding steroid dienone is 1. The van der Waals surface area contributed by atoms with Gasteiger partial charge in [0.15, 0.2) is 0 Å². The lowest BCUT2D eigenvalue weighted by molar-refractivity contribution is -0.142. The van der Waals surface area contributed by atoms with E-state index in [-0.39, 0.29) is 23.4 Å². The number of carbonyl (C=O) groups is 1. The summed E-state index contributed by atoms with van der Waals surface area (Å²) in [5.41, 5.74) is 2.42. The summed E-state index contributed by atoms with van der Waals surface area (Å²) in [5.74, 6) is -0.505. The first-order chi connectivity index (χ1) is 10.8. The summed E-state index contributed by atoms with van der Waals surface area (Å²) >= 11 is 0. The lowest BCUT2D eigenvalue weighted by Crippen LogP contribution is -2.54. The summed E-state index contributed by atoms with van der Waals surface area (Å²) in [6, 6.07) is 4.39. The Morgan fingerprint density at radius 2 is 2.09 bits per heavy atom. The molecule has 126 valence electrons. The lowest BCUT2D eigenvalue weighted by atomic mass is 9.86. The molecule has 1 heterocycles. The van der Waals surface area contributed by atoms with Crippen LogP contribution in [0, 0.1) is 5.82 Å². The van der Waals surface area contributed by atoms with E-state index in [0.29, 0.717) is 0 Å². The Hall–Kier alpha value is -1.84. The van der Waals surface area contributed by atoms with Gasteiger partial charge >= 0.3 is 5.97 Å². The third-order valence-electron chi connectivity index (χ3n) is 4.45. The van der Waals surface area contributed by atoms with E-state index in [1.54, 1.807) is 6.07 Å². The number of benzene rings is 1. The van der Waals surface area contributed by atoms with Gasteiger partial charge in [0, 0.05) is 11.3 Å². The van der Waals surface area contributed by atoms with E-state index in [1.807, 2.05) is 6.92 Å². The lowest BCUT2D eigenvalue weighted by Gasteiger charge is -2.46. The second kappa shape index (κ2) is 6.73. The topological polar surface area (TPSA) is 29.5 Å². The van der Waals surface area contributed by atoms with Gasteiger partial charge in [0.25, 0.3) is 0 Å². The van der Waals surface area contributed by atoms with Gasteiger partial charge < -0.3 is 9.64 Å². The molecule has 0 radical (unpaired) electrons. The Balaban J connectivity index is 2.55. The predicted molar refractivity (Wildman–Crippen MR) is 91.9 cm³/mol. The van der Waals surface area contributed by atoms with Crippen LogP contribution < -0.4 is 4.90 Å². The molecule has 1 aromatic rings. The van der Waals surface area contributed by atoms with E-state index >= 15 is 0 Å². The van der Waals surface area contributed by atoms with E-state index in [0.717, 1.165) is 36.1 Å². The highest BCUT2D eigenvalue weighted by Gasteiger charge is 2.39. The van der Waals surface area contributed by atoms with Gasteiger partial charge in [-0.05, 0) is 51.0 Å². The van der Waals surface area contributed by atoms with Crippen LogP contribution in [0.1, 0.15) is 52.5 Å². The van der Waals surface area contributed by atoms with Crippen molar-refractivity contribution in [2.45, 2.75) is 58.5 Å². The van der Waals surface area contributed by atoms with Gasteiger partial charge in [0.2, 0.25) is 0 Å². The highest BCUT2D eigenvalue weighted by Crippen LogP contribution is 2.41. The smallest absolute Gasteiger partial charge is 0.328 e. The number of methoxy groups -OCH3 is 1. The van der Waals surface area contributed by atoms with Crippen molar-refractivity contribution in [2.75, 3.05) is 12.0 Å². The minimum Gasteiger partial charge on any atom is -0.467 e. The fourth-order valence-corrected chi connectivity index (χ4v) is 3.48. The first-order valence-electron chi connectivity index (χ1n) is 8.18. The molecule has 0 saturated heterocycles. The molecule has 0 aromatic heterocycles. The second-order valence-corrected chi connectivity index (χ2v) is 6.69. The van der Waals surface area contributed by atoms with Crippen molar-refractivity contribution < 1.29 is 13.9 Å². The number of halogens is 1. The molecule has 1 aromatic carbocycles. The predicted octanol–water partition coefficient (Wildman–Crippen LogP) is 4.56. The molecular weight excluding hydrogens is 293 g/mol. The number of ether oxygens (including phenoxy) is 1. The Kier molecular flexibility index (Phi) is 5.12. The average molecular weight is 319 g/mol. The molecule has 1 atom stereocenters. The van der Waals surface area contributed by atoms with E-state index < -0.39 is 0 Å². The van der Waals surface area contributed by atoms with Crippen molar-refractivity contribution in [2.24, 2.45) is 0 Å². The van der Waals surface area contributed by atoms with Crippen LogP contribution in [0.2, 0.25) is 0 Å². The Labute approximate surface area is 138 Å². The van der Waals surface area contributed by atoms with Gasteiger partial charge in [0.05, 0.1) is 12.6 Å². The van der Waals surface area contributed by atoms with E-state index in [1.165, 1.54) is 19.2 Å². The third kappa shape index (κ3) is 3.41. The van der Waals surface area contributed by atoms with Crippen molar-refractivity contribution in [1.29, 1.82) is 0 Å². The van der Waals surface area contributed by atoms with Crippen LogP contribution in [0.3, 0.4) is 0 Å². The maximum atomic E-state index is 13.7. The third-order valence-corrected chi connectivity index (χ3v) is 4.45. The molecule has 23 heavy (non-hydrogen) atoms. The van der Waals surface area contributed by atoms with Crippen LogP contribution in [0.25, 0.3) is 5.57 Å². The number of esters is 1. The van der Waals surface area contributed by atoms with E-state index in [2.05, 4.69) is 31.7 Å². The summed E-state index contributed by atoms with van der Waals surface area (Å²) in [6.07, 6.45) is 4.76. The first-order valence-corrected chi connectivity index (χ1v) is 8.18. The first kappa shape index (κ1) is 17.5. The SMILES string of the molecule is CCCC[C@@H](C(=O)OC)N1c2ccc(F)cc2C(C)=CC1(C)C. The Bertz CT molecular complexity index is 622. The fourth-order valence-electron chi connectivity index (χ4n) is 3.48. The maximum absolute atomic E-state index is 13.7. The molecule has 0 aliphatic carbocycles. The van der Waals surface area contributed by atoms with Gasteiger partial charge in [0.1, 0.15) is 11.9 Å². The largest absolute Gasteiger partial charge is 0.467 e. The van der Waals surface area contributed by atoms with Gasteiger partial charge in [-0.3, -0.25) is 0 Å². The zero-order valence-electron chi connectivity index (χ0n) is 14.6. The van der Waals surface area contributed by atoms with Crippen molar-refractivity contribution >= 4 is 17.2 Å². The number of nitrogens with zero attached hydrogens (tertiary/aromatic N) is 1. The molecule has 4 heteroatoms. The zero-order valence-corrected chi connectivity index (χ0v) is 14.6. The number of unbranched alkanes of at least 4 members (excludes halogenated alkanes) is 1. The standard InChI is InChI=1S/C19H26FNO2/c1-6-7-8-17(18(22)23-5)21-16-10-9-14(20)11-15(16)13(2)12-19(21,3)4/h9-12,17H,6-8H2,1-5H3/t17-/m0/s1. The van der Waals surface area contributed by atoms with Crippen molar-refractivity contribution in [1.82, 2.24) is 0 Å². The molecule has 0 spiro atoms. The average Bonchev–Trinajstić information content (AvgIpc) is 2.49. The second-order valence-electron chi connectivity index (χ2n) is 6.69. The minimum atomic E-state index is -0.372. The molecule has 0 unspecified atom stereocenters. The van der Waals surface area contributed by atoms with E-state index in [4.69, 9.17) is 4.74 Å². The van der Waals surface area contributed by atoms with Crippen molar-refractivity contribution in [3.8, 4) is 0 Å². The number of carbonyl (C=O) groups excluding carboxylic acids is 1. The van der Waals surface area contributed by atoms with Crippen LogP contribution >= 0.6 is 0 Å². The Morgan fingerprint density at radius 1 is 1.39 bits per heavy atom. The molecule has 0 N–H and O–H groups in total. The molecule has 1 aliphatic rings. The summed E-state index contributed by atoms with van der Waals surface area (Å²) in [7, 11) is 1.42. The van der Waals surface area contributed by atoms with Crippen LogP contribution in [-0.4, -0.2) is 24.7 Å². The van der Waals surface area contributed by atoms with Gasteiger partial charge in [-0.25, -0.2) is 9.18 Å². The van der Waals surface area contributed by atoms with Crippen molar-refractivity contribution in [3.05, 3.63) is 35.7 Å². The molecule has 0 fully saturated rings. The number of hydrogen-bond acceptors (Lipinski definition) is 3. The normalized spacial score (nSPS) is 17.3. The van der Waals surface area contributed by atoms with Gasteiger partial charge in [-0.2, -0.15) is 0 Å². The fraction of sp³-hybridized carbons (Fsp3) is 0.526. The number of rotatable bonds is 5. The van der Waals surface area contributed by atoms with Crippen LogP contribution in [0.5, 0.6) is 0 Å². The Morgan fingerprint density at radius 3 is 2.70 bits per heavy atom. The van der Waals surface area contributed by atoms with Crippen molar-refractivity contribution in [3.63, 3.8) is 0 Å². The molecule has 2 rings (SSSR count). The molecule has 1 aliphatic heterocycles. The molecule has 0 amide bonds. The van der Waals surface area contributed by atoms with Crippen LogP contribution in [-0.2, 0) is 9.53 Å². The van der Waals surface area contributed by atoms with Crippen LogP contribution in [0.4, 0.5) is 10.1 Å². The molecular formula is C19H26FNO2. The number of hydrogen-bond donors (Lipinski definition) is 0. The highest BCUT2D eigenvalue weighted by molar-refractivity contribution is 5.87. The van der Waals surface area contributed by atoms with Crippen LogP contribution in [0.15, 0.2) is 24.3 Å². The number of fused-ring (bicyclic) bond motifs is 1. The monoisotopic (exact) mass is 319 g/mol. The summed E-state index contributed by atoms with van der Waals surface area (Å²) < 4.78 is 18.7. The highest BCUT2D eigenvalue weighted by atomic mass is 19.1.